The number of benzene rings is 1. The molecule has 4 rings (SSSR count). The highest BCUT2D eigenvalue weighted by Crippen LogP contribution is 2.32. The lowest BCUT2D eigenvalue weighted by Gasteiger charge is -2.20. The minimum absolute atomic E-state index is 0.152. The van der Waals surface area contributed by atoms with Crippen molar-refractivity contribution in [3.05, 3.63) is 51.9 Å². The van der Waals surface area contributed by atoms with Gasteiger partial charge in [-0.2, -0.15) is 9.61 Å². The Labute approximate surface area is 173 Å². The molecule has 0 unspecified atom stereocenters. The Bertz CT molecular complexity index is 1100. The van der Waals surface area contributed by atoms with Gasteiger partial charge in [-0.15, -0.1) is 16.9 Å². The highest BCUT2D eigenvalue weighted by atomic mass is 32.2. The second-order valence-electron chi connectivity index (χ2n) is 7.56. The van der Waals surface area contributed by atoms with Gasteiger partial charge >= 0.3 is 5.69 Å². The van der Waals surface area contributed by atoms with Gasteiger partial charge in [-0.1, -0.05) is 31.4 Å². The molecule has 0 saturated heterocycles. The van der Waals surface area contributed by atoms with Crippen LogP contribution in [0.1, 0.15) is 43.2 Å². The van der Waals surface area contributed by atoms with Crippen molar-refractivity contribution in [1.82, 2.24) is 19.4 Å². The summed E-state index contributed by atoms with van der Waals surface area (Å²) >= 11 is 1.73. The monoisotopic (exact) mass is 411 g/mol. The van der Waals surface area contributed by atoms with Crippen molar-refractivity contribution in [2.75, 3.05) is 5.32 Å². The molecular weight excluding hydrogens is 386 g/mol. The fourth-order valence-electron chi connectivity index (χ4n) is 3.62. The van der Waals surface area contributed by atoms with Crippen LogP contribution in [0.2, 0.25) is 0 Å². The third kappa shape index (κ3) is 4.37. The van der Waals surface area contributed by atoms with Crippen molar-refractivity contribution < 1.29 is 4.79 Å². The zero-order chi connectivity index (χ0) is 20.4. The molecule has 1 amide bonds. The lowest BCUT2D eigenvalue weighted by molar-refractivity contribution is -0.117. The standard InChI is InChI=1S/C21H25N5O2S/c1-14-7-6-10-17(15(14)2)22-19(27)13-25-21(28)26-18(23-25)11-12-20(24-26)29-16-8-4-3-5-9-16/h6-7,10-12,16H,3-5,8-9,13H2,1-2H3,(H,22,27). The number of aryl methyl sites for hydroxylation is 1. The summed E-state index contributed by atoms with van der Waals surface area (Å²) in [6.45, 7) is 3.80. The number of aromatic nitrogens is 4. The van der Waals surface area contributed by atoms with E-state index in [0.29, 0.717) is 10.9 Å². The number of nitrogens with zero attached hydrogens (tertiary/aromatic N) is 4. The lowest BCUT2D eigenvalue weighted by atomic mass is 10.0. The van der Waals surface area contributed by atoms with Gasteiger partial charge in [0.2, 0.25) is 5.91 Å². The highest BCUT2D eigenvalue weighted by Gasteiger charge is 2.17. The van der Waals surface area contributed by atoms with Crippen LogP contribution in [0.3, 0.4) is 0 Å². The van der Waals surface area contributed by atoms with Crippen LogP contribution in [0.15, 0.2) is 40.2 Å². The maximum absolute atomic E-state index is 12.7. The van der Waals surface area contributed by atoms with Gasteiger partial charge < -0.3 is 5.32 Å². The average Bonchev–Trinajstić information content (AvgIpc) is 3.01. The number of rotatable bonds is 5. The smallest absolute Gasteiger partial charge is 0.324 e. The number of hydrogen-bond acceptors (Lipinski definition) is 5. The predicted octanol–water partition coefficient (Wildman–Crippen LogP) is 3.57. The quantitative estimate of drug-likeness (QED) is 0.694. The molecule has 8 heteroatoms. The second-order valence-corrected chi connectivity index (χ2v) is 8.88. The Morgan fingerprint density at radius 2 is 1.93 bits per heavy atom. The number of anilines is 1. The van der Waals surface area contributed by atoms with E-state index in [9.17, 15) is 9.59 Å². The van der Waals surface area contributed by atoms with Gasteiger partial charge in [-0.25, -0.2) is 9.48 Å². The molecule has 0 aliphatic heterocycles. The molecule has 2 heterocycles. The molecule has 152 valence electrons. The van der Waals surface area contributed by atoms with Crippen LogP contribution in [-0.2, 0) is 11.3 Å². The van der Waals surface area contributed by atoms with Crippen molar-refractivity contribution >= 4 is 29.0 Å². The Morgan fingerprint density at radius 3 is 2.72 bits per heavy atom. The molecule has 3 aromatic rings. The van der Waals surface area contributed by atoms with Gasteiger partial charge in [-0.3, -0.25) is 4.79 Å². The van der Waals surface area contributed by atoms with Crippen LogP contribution in [-0.4, -0.2) is 30.6 Å². The Balaban J connectivity index is 1.50. The summed E-state index contributed by atoms with van der Waals surface area (Å²) in [4.78, 5) is 25.2. The first kappa shape index (κ1) is 19.7. The number of thioether (sulfide) groups is 1. The Morgan fingerprint density at radius 1 is 1.14 bits per heavy atom. The van der Waals surface area contributed by atoms with Crippen LogP contribution in [0, 0.1) is 13.8 Å². The molecule has 1 N–H and O–H groups in total. The van der Waals surface area contributed by atoms with E-state index < -0.39 is 5.69 Å². The fraction of sp³-hybridized carbons (Fsp3) is 0.429. The molecule has 1 aromatic carbocycles. The summed E-state index contributed by atoms with van der Waals surface area (Å²) in [6.07, 6.45) is 6.20. The van der Waals surface area contributed by atoms with Gasteiger partial charge in [0.25, 0.3) is 0 Å². The van der Waals surface area contributed by atoms with E-state index in [1.54, 1.807) is 17.8 Å². The molecule has 7 nitrogen and oxygen atoms in total. The van der Waals surface area contributed by atoms with E-state index in [2.05, 4.69) is 15.5 Å². The number of hydrogen-bond donors (Lipinski definition) is 1. The molecule has 1 aliphatic rings. The SMILES string of the molecule is Cc1cccc(NC(=O)Cn2nc3ccc(SC4CCCCC4)nn3c2=O)c1C. The lowest BCUT2D eigenvalue weighted by Crippen LogP contribution is -2.29. The third-order valence-corrected chi connectivity index (χ3v) is 6.69. The summed E-state index contributed by atoms with van der Waals surface area (Å²) in [6, 6.07) is 9.43. The molecule has 0 bridgehead atoms. The summed E-state index contributed by atoms with van der Waals surface area (Å²) in [5, 5.41) is 13.0. The first-order valence-corrected chi connectivity index (χ1v) is 10.9. The van der Waals surface area contributed by atoms with Gasteiger partial charge in [0.1, 0.15) is 11.6 Å². The van der Waals surface area contributed by atoms with Crippen molar-refractivity contribution in [3.8, 4) is 0 Å². The Hall–Kier alpha value is -2.61. The van der Waals surface area contributed by atoms with Crippen molar-refractivity contribution in [3.63, 3.8) is 0 Å². The molecular formula is C21H25N5O2S. The van der Waals surface area contributed by atoms with E-state index in [1.807, 2.05) is 38.1 Å². The summed E-state index contributed by atoms with van der Waals surface area (Å²) in [5.41, 5.74) is 2.90. The molecule has 29 heavy (non-hydrogen) atoms. The van der Waals surface area contributed by atoms with Crippen LogP contribution >= 0.6 is 11.8 Å². The maximum atomic E-state index is 12.7. The molecule has 1 saturated carbocycles. The third-order valence-electron chi connectivity index (χ3n) is 5.43. The van der Waals surface area contributed by atoms with E-state index in [-0.39, 0.29) is 12.5 Å². The van der Waals surface area contributed by atoms with Crippen molar-refractivity contribution in [1.29, 1.82) is 0 Å². The minimum atomic E-state index is -0.401. The summed E-state index contributed by atoms with van der Waals surface area (Å²) in [7, 11) is 0. The second kappa shape index (κ2) is 8.41. The normalized spacial score (nSPS) is 15.0. The van der Waals surface area contributed by atoms with Crippen molar-refractivity contribution in [2.45, 2.75) is 62.8 Å². The number of amides is 1. The van der Waals surface area contributed by atoms with Gasteiger partial charge in [0, 0.05) is 10.9 Å². The number of carbonyl (C=O) groups excluding carboxylic acids is 1. The zero-order valence-corrected chi connectivity index (χ0v) is 17.5. The number of fused-ring (bicyclic) bond motifs is 1. The number of nitrogens with one attached hydrogen (secondary N) is 1. The molecule has 0 radical (unpaired) electrons. The Kier molecular flexibility index (Phi) is 5.71. The summed E-state index contributed by atoms with van der Waals surface area (Å²) < 4.78 is 2.45. The van der Waals surface area contributed by atoms with Gasteiger partial charge in [0.15, 0.2) is 5.65 Å². The number of carbonyl (C=O) groups is 1. The van der Waals surface area contributed by atoms with Crippen LogP contribution in [0.25, 0.3) is 5.65 Å². The first-order valence-electron chi connectivity index (χ1n) is 10.0. The van der Waals surface area contributed by atoms with Gasteiger partial charge in [0.05, 0.1) is 0 Å². The van der Waals surface area contributed by atoms with E-state index in [1.165, 1.54) is 36.6 Å². The molecule has 0 spiro atoms. The van der Waals surface area contributed by atoms with E-state index in [4.69, 9.17) is 0 Å². The zero-order valence-electron chi connectivity index (χ0n) is 16.7. The molecule has 2 aromatic heterocycles. The molecule has 1 aliphatic carbocycles. The predicted molar refractivity (Wildman–Crippen MR) is 115 cm³/mol. The first-order chi connectivity index (χ1) is 14.0. The average molecular weight is 412 g/mol. The van der Waals surface area contributed by atoms with E-state index >= 15 is 0 Å². The molecule has 0 atom stereocenters. The van der Waals surface area contributed by atoms with Crippen LogP contribution in [0.4, 0.5) is 5.69 Å². The fourth-order valence-corrected chi connectivity index (χ4v) is 4.81. The van der Waals surface area contributed by atoms with Crippen LogP contribution < -0.4 is 11.0 Å². The topological polar surface area (TPSA) is 81.3 Å². The molecule has 1 fully saturated rings. The largest absolute Gasteiger partial charge is 0.367 e. The van der Waals surface area contributed by atoms with Crippen molar-refractivity contribution in [2.24, 2.45) is 0 Å². The minimum Gasteiger partial charge on any atom is -0.324 e. The maximum Gasteiger partial charge on any atom is 0.367 e. The van der Waals surface area contributed by atoms with Gasteiger partial charge in [-0.05, 0) is 56.0 Å². The van der Waals surface area contributed by atoms with E-state index in [0.717, 1.165) is 26.5 Å². The summed E-state index contributed by atoms with van der Waals surface area (Å²) in [5.74, 6) is -0.291. The highest BCUT2D eigenvalue weighted by molar-refractivity contribution is 7.99. The van der Waals surface area contributed by atoms with Crippen LogP contribution in [0.5, 0.6) is 0 Å².